The van der Waals surface area contributed by atoms with E-state index in [4.69, 9.17) is 105 Å². The number of nitrogens with zero attached hydrogens (tertiary/aromatic N) is 21. The van der Waals surface area contributed by atoms with E-state index in [1.807, 2.05) is 9.80 Å². The highest BCUT2D eigenvalue weighted by Crippen LogP contribution is 2.40. The number of piperazine rings is 3. The van der Waals surface area contributed by atoms with Crippen LogP contribution in [0.5, 0.6) is 0 Å². The maximum atomic E-state index is 15.3. The van der Waals surface area contributed by atoms with Gasteiger partial charge in [0.15, 0.2) is 17.5 Å². The zero-order valence-electron chi connectivity index (χ0n) is 69.7. The quantitative estimate of drug-likeness (QED) is 0.0342. The Morgan fingerprint density at radius 2 is 0.656 bits per heavy atom. The number of likely N-dealkylation sites (N-methyl/N-ethyl adjacent to an activating group) is 3. The fourth-order valence-electron chi connectivity index (χ4n) is 16.8. The second-order valence-electron chi connectivity index (χ2n) is 30.6. The number of nitrogen functional groups attached to an aromatic ring is 3. The first-order valence-corrected chi connectivity index (χ1v) is 42.6. The van der Waals surface area contributed by atoms with Crippen molar-refractivity contribution >= 4 is 161 Å². The minimum Gasteiger partial charge on any atom is -0.397 e. The zero-order chi connectivity index (χ0) is 87.9. The molecule has 0 unspecified atom stereocenters. The van der Waals surface area contributed by atoms with E-state index >= 15 is 13.2 Å². The number of fused-ring (bicyclic) bond motifs is 3. The van der Waals surface area contributed by atoms with Gasteiger partial charge < -0.3 is 61.3 Å². The van der Waals surface area contributed by atoms with Gasteiger partial charge in [0.1, 0.15) is 51.1 Å². The SMILES string of the molecule is C=CC(=O)N1CCN(c2nc(N3CC(N(CC)CC)C3)nc3c(=O)n(-c4c(N)c(Cl)cc(Cl)c4F)c(C)cc23)CC1.C=CC(=O)N1CCN(c2nc(N3CC(N(CC)CC)C3)nc3c(=O)n(-c4c(N)c(Cl)cc(Cl)c4F)c(C)cc23)CC1.C=CC(=O)N1CCN(c2nc(N3CC(N(CC)CC)C3)nc3c(=O)n(-c4c(N)ccc(Cl)c4F)c(C)cc23)CC1. The number of carbonyl (C=O) groups is 3. The van der Waals surface area contributed by atoms with Crippen molar-refractivity contribution in [3.63, 3.8) is 0 Å². The fraction of sp³-hybridized carbons (Fsp3) is 0.429. The minimum atomic E-state index is -0.847. The van der Waals surface area contributed by atoms with Crippen LogP contribution in [0, 0.1) is 38.2 Å². The van der Waals surface area contributed by atoms with Crippen LogP contribution in [0.4, 0.5) is 65.5 Å². The fourth-order valence-corrected chi connectivity index (χ4v) is 17.9. The number of halogens is 8. The smallest absolute Gasteiger partial charge is 0.282 e. The Bertz CT molecular complexity index is 5500. The molecule has 9 aromatic rings. The number of carbonyl (C=O) groups excluding carboxylic acids is 3. The molecule has 0 aliphatic carbocycles. The Labute approximate surface area is 729 Å². The Kier molecular flexibility index (Phi) is 27.3. The molecule has 0 radical (unpaired) electrons. The Morgan fingerprint density at radius 3 is 0.918 bits per heavy atom. The van der Waals surface area contributed by atoms with E-state index in [1.165, 1.54) is 56.2 Å². The van der Waals surface area contributed by atoms with Crippen LogP contribution in [0.2, 0.25) is 25.1 Å². The molecule has 122 heavy (non-hydrogen) atoms. The largest absolute Gasteiger partial charge is 0.397 e. The normalized spacial score (nSPS) is 16.0. The first-order chi connectivity index (χ1) is 58.3. The maximum absolute atomic E-state index is 15.3. The number of aromatic nitrogens is 9. The standard InChI is InChI=1S/2C28H33Cl2FN8O2.C28H34ClFN8O2/c2*1-5-21(40)36-8-10-37(11-9-36)26-18-12-16(4)39(25-22(31)19(29)13-20(30)23(25)32)27(41)24(18)33-28(34-26)38-14-17(15-38)35(6-2)7-3;1-5-22(39)35-10-12-36(13-11-35)26-19-14-17(4)38(25-21(31)9-8-20(29)23(25)30)27(40)24(19)32-28(33-26)37-15-18(16-37)34(6-2)7-3/h2*5,12-13,17H,1,6-11,14-15,32H2,2-4H3;5,8-9,14,18H,1,6-7,10-13,15-16,31H2,2-4H3. The van der Waals surface area contributed by atoms with Gasteiger partial charge in [0.25, 0.3) is 16.7 Å². The van der Waals surface area contributed by atoms with Gasteiger partial charge in [0.05, 0.1) is 58.3 Å². The van der Waals surface area contributed by atoms with Crippen LogP contribution in [-0.4, -0.2) is 266 Å². The van der Waals surface area contributed by atoms with Crippen molar-refractivity contribution in [1.29, 1.82) is 0 Å². The summed E-state index contributed by atoms with van der Waals surface area (Å²) in [7, 11) is 0. The summed E-state index contributed by atoms with van der Waals surface area (Å²) in [5, 5.41) is 1.08. The summed E-state index contributed by atoms with van der Waals surface area (Å²) in [6.07, 6.45) is 3.93. The van der Waals surface area contributed by atoms with E-state index in [-0.39, 0.29) is 93.5 Å². The van der Waals surface area contributed by atoms with Crippen molar-refractivity contribution in [3.8, 4) is 17.1 Å². The van der Waals surface area contributed by atoms with Crippen LogP contribution >= 0.6 is 58.0 Å². The molecule has 38 heteroatoms. The predicted octanol–water partition coefficient (Wildman–Crippen LogP) is 9.79. The molecule has 3 amide bonds. The van der Waals surface area contributed by atoms with Crippen LogP contribution in [-0.2, 0) is 14.4 Å². The van der Waals surface area contributed by atoms with Gasteiger partial charge in [-0.25, -0.2) is 28.1 Å². The number of anilines is 9. The van der Waals surface area contributed by atoms with E-state index in [0.29, 0.717) is 165 Å². The van der Waals surface area contributed by atoms with Gasteiger partial charge in [-0.2, -0.15) is 15.0 Å². The van der Waals surface area contributed by atoms with Gasteiger partial charge in [0, 0.05) is 153 Å². The molecule has 3 aromatic carbocycles. The molecular weight excluding hydrogens is 1680 g/mol. The molecule has 6 aliphatic rings. The Morgan fingerprint density at radius 1 is 0.393 bits per heavy atom. The van der Waals surface area contributed by atoms with Crippen LogP contribution in [0.15, 0.2) is 94.8 Å². The number of pyridine rings is 3. The second kappa shape index (κ2) is 37.3. The summed E-state index contributed by atoms with van der Waals surface area (Å²) >= 11 is 30.7. The maximum Gasteiger partial charge on any atom is 0.282 e. The van der Waals surface area contributed by atoms with Crippen molar-refractivity contribution in [1.82, 2.24) is 73.0 Å². The summed E-state index contributed by atoms with van der Waals surface area (Å²) in [5.74, 6) is 0.255. The average molecular weight is 1780 g/mol. The summed E-state index contributed by atoms with van der Waals surface area (Å²) in [6.45, 7) is 44.7. The third-order valence-electron chi connectivity index (χ3n) is 23.8. The molecule has 30 nitrogen and oxygen atoms in total. The van der Waals surface area contributed by atoms with Gasteiger partial charge in [-0.05, 0) is 121 Å². The molecule has 0 bridgehead atoms. The molecule has 12 heterocycles. The number of aryl methyl sites for hydroxylation is 3. The van der Waals surface area contributed by atoms with Gasteiger partial charge in [0.2, 0.25) is 35.6 Å². The summed E-state index contributed by atoms with van der Waals surface area (Å²) in [6, 6.07) is 11.6. The molecule has 6 aromatic heterocycles. The molecule has 6 N–H and O–H groups in total. The highest BCUT2D eigenvalue weighted by atomic mass is 35.5. The second-order valence-corrected chi connectivity index (χ2v) is 32.7. The number of rotatable bonds is 21. The number of nitrogens with two attached hydrogens (primary N) is 3. The van der Waals surface area contributed by atoms with E-state index in [0.717, 1.165) is 78.5 Å². The average Bonchev–Trinajstić information content (AvgIpc) is 0.744. The first-order valence-electron chi connectivity index (χ1n) is 40.8. The molecule has 6 saturated heterocycles. The Hall–Kier alpha value is -10.5. The van der Waals surface area contributed by atoms with E-state index in [1.54, 1.807) is 53.7 Å². The van der Waals surface area contributed by atoms with E-state index < -0.39 is 34.1 Å². The first kappa shape index (κ1) is 89.2. The molecule has 0 spiro atoms. The summed E-state index contributed by atoms with van der Waals surface area (Å²) < 4.78 is 49.4. The van der Waals surface area contributed by atoms with Crippen LogP contribution in [0.3, 0.4) is 0 Å². The molecule has 6 aliphatic heterocycles. The third kappa shape index (κ3) is 17.1. The van der Waals surface area contributed by atoms with Gasteiger partial charge in [-0.15, -0.1) is 0 Å². The Balaban J connectivity index is 0.000000158. The van der Waals surface area contributed by atoms with Gasteiger partial charge in [-0.1, -0.05) is 119 Å². The lowest BCUT2D eigenvalue weighted by molar-refractivity contribution is -0.127. The number of amides is 3. The van der Waals surface area contributed by atoms with Crippen molar-refractivity contribution in [2.24, 2.45) is 0 Å². The van der Waals surface area contributed by atoms with Crippen molar-refractivity contribution in [2.45, 2.75) is 80.4 Å². The monoisotopic (exact) mass is 1770 g/mol. The summed E-state index contributed by atoms with van der Waals surface area (Å²) in [4.78, 5) is 132. The topological polar surface area (TPSA) is 311 Å². The zero-order valence-corrected chi connectivity index (χ0v) is 73.5. The molecule has 6 fully saturated rings. The molecule has 648 valence electrons. The summed E-state index contributed by atoms with van der Waals surface area (Å²) in [5.41, 5.74) is 17.9. The lowest BCUT2D eigenvalue weighted by Gasteiger charge is -2.45. The molecule has 15 rings (SSSR count). The highest BCUT2D eigenvalue weighted by Gasteiger charge is 2.39. The van der Waals surface area contributed by atoms with Crippen molar-refractivity contribution in [2.75, 3.05) is 204 Å². The van der Waals surface area contributed by atoms with Crippen LogP contribution in [0.1, 0.15) is 58.6 Å². The van der Waals surface area contributed by atoms with Crippen LogP contribution < -0.4 is 63.3 Å². The number of hydrogen-bond donors (Lipinski definition) is 3. The number of benzene rings is 3. The van der Waals surface area contributed by atoms with Crippen molar-refractivity contribution < 1.29 is 27.6 Å². The molecule has 0 atom stereocenters. The lowest BCUT2D eigenvalue weighted by Crippen LogP contribution is -2.60. The molecule has 0 saturated carbocycles. The molecular formula is C84H100Cl5F3N24O6. The third-order valence-corrected chi connectivity index (χ3v) is 25.3. The lowest BCUT2D eigenvalue weighted by atomic mass is 10.1. The number of hydrogen-bond acceptors (Lipinski definition) is 24. The van der Waals surface area contributed by atoms with Gasteiger partial charge >= 0.3 is 0 Å². The van der Waals surface area contributed by atoms with Crippen molar-refractivity contribution in [3.05, 3.63) is 171 Å². The highest BCUT2D eigenvalue weighted by molar-refractivity contribution is 6.37. The minimum absolute atomic E-state index is 0.0387. The van der Waals surface area contributed by atoms with E-state index in [2.05, 4.69) is 95.6 Å². The van der Waals surface area contributed by atoms with E-state index in [9.17, 15) is 28.8 Å². The predicted molar refractivity (Wildman–Crippen MR) is 482 cm³/mol. The van der Waals surface area contributed by atoms with Gasteiger partial charge in [-0.3, -0.25) is 57.2 Å². The van der Waals surface area contributed by atoms with Crippen LogP contribution in [0.25, 0.3) is 49.8 Å².